The Morgan fingerprint density at radius 3 is 2.67 bits per heavy atom. The largest absolute Gasteiger partial charge is 0.490 e. The summed E-state index contributed by atoms with van der Waals surface area (Å²) < 4.78 is 11.6. The summed E-state index contributed by atoms with van der Waals surface area (Å²) in [6.45, 7) is 4.77. The zero-order chi connectivity index (χ0) is 14.5. The topological polar surface area (TPSA) is 30.5 Å². The average Bonchev–Trinajstić information content (AvgIpc) is 2.87. The highest BCUT2D eigenvalue weighted by Crippen LogP contribution is 2.37. The predicted molar refractivity (Wildman–Crippen MR) is 85.3 cm³/mol. The van der Waals surface area contributed by atoms with Gasteiger partial charge in [-0.15, -0.1) is 0 Å². The molecule has 1 fully saturated rings. The van der Waals surface area contributed by atoms with Gasteiger partial charge in [-0.05, 0) is 43.0 Å². The molecule has 1 heterocycles. The number of rotatable bonds is 3. The third kappa shape index (κ3) is 3.52. The second kappa shape index (κ2) is 7.17. The highest BCUT2D eigenvalue weighted by atomic mass is 16.5. The van der Waals surface area contributed by atoms with Crippen LogP contribution in [0.3, 0.4) is 0 Å². The Labute approximate surface area is 128 Å². The van der Waals surface area contributed by atoms with Crippen molar-refractivity contribution in [2.45, 2.75) is 57.4 Å². The van der Waals surface area contributed by atoms with Crippen molar-refractivity contribution < 1.29 is 9.47 Å². The van der Waals surface area contributed by atoms with Gasteiger partial charge in [-0.1, -0.05) is 32.3 Å². The summed E-state index contributed by atoms with van der Waals surface area (Å²) in [4.78, 5) is 0. The van der Waals surface area contributed by atoms with Crippen molar-refractivity contribution in [3.8, 4) is 11.5 Å². The van der Waals surface area contributed by atoms with Crippen LogP contribution in [0, 0.1) is 0 Å². The zero-order valence-electron chi connectivity index (χ0n) is 13.1. The fourth-order valence-corrected chi connectivity index (χ4v) is 3.62. The van der Waals surface area contributed by atoms with E-state index in [1.54, 1.807) is 0 Å². The fourth-order valence-electron chi connectivity index (χ4n) is 3.62. The van der Waals surface area contributed by atoms with Gasteiger partial charge >= 0.3 is 0 Å². The number of hydrogen-bond acceptors (Lipinski definition) is 3. The molecule has 1 N–H and O–H groups in total. The van der Waals surface area contributed by atoms with E-state index in [1.807, 2.05) is 0 Å². The van der Waals surface area contributed by atoms with Crippen molar-refractivity contribution in [2.24, 2.45) is 0 Å². The molecule has 0 spiro atoms. The molecule has 0 bridgehead atoms. The molecule has 1 saturated carbocycles. The first kappa shape index (κ1) is 14.7. The maximum absolute atomic E-state index is 5.86. The van der Waals surface area contributed by atoms with Crippen LogP contribution in [0.1, 0.15) is 56.9 Å². The minimum absolute atomic E-state index is 0.599. The molecule has 0 aromatic heterocycles. The molecule has 0 amide bonds. The number of fused-ring (bicyclic) bond motifs is 1. The molecule has 1 aliphatic heterocycles. The molecule has 1 aromatic rings. The van der Waals surface area contributed by atoms with Crippen LogP contribution in [-0.4, -0.2) is 25.8 Å². The van der Waals surface area contributed by atoms with Crippen molar-refractivity contribution in [1.82, 2.24) is 5.32 Å². The standard InChI is InChI=1S/C18H27NO2/c1-2-19-16-8-5-3-4-7-15(16)14-9-10-17-18(13-14)21-12-6-11-20-17/h9-10,13,15-16,19H,2-8,11-12H2,1H3. The monoisotopic (exact) mass is 289 g/mol. The molecule has 116 valence electrons. The first-order chi connectivity index (χ1) is 10.4. The van der Waals surface area contributed by atoms with Gasteiger partial charge in [0.2, 0.25) is 0 Å². The maximum Gasteiger partial charge on any atom is 0.161 e. The van der Waals surface area contributed by atoms with E-state index < -0.39 is 0 Å². The summed E-state index contributed by atoms with van der Waals surface area (Å²) >= 11 is 0. The molecule has 1 aliphatic carbocycles. The van der Waals surface area contributed by atoms with Crippen LogP contribution in [0.25, 0.3) is 0 Å². The van der Waals surface area contributed by atoms with Gasteiger partial charge in [0, 0.05) is 12.5 Å². The van der Waals surface area contributed by atoms with Crippen LogP contribution < -0.4 is 14.8 Å². The Kier molecular flexibility index (Phi) is 5.02. The van der Waals surface area contributed by atoms with E-state index in [0.717, 1.165) is 37.7 Å². The Morgan fingerprint density at radius 1 is 1.00 bits per heavy atom. The normalized spacial score (nSPS) is 26.0. The van der Waals surface area contributed by atoms with Crippen LogP contribution in [0.4, 0.5) is 0 Å². The van der Waals surface area contributed by atoms with Gasteiger partial charge in [0.05, 0.1) is 13.2 Å². The quantitative estimate of drug-likeness (QED) is 0.857. The molecular weight excluding hydrogens is 262 g/mol. The molecule has 1 aromatic carbocycles. The predicted octanol–water partition coefficient (Wildman–Crippen LogP) is 3.87. The Balaban J connectivity index is 1.84. The van der Waals surface area contributed by atoms with Gasteiger partial charge in [0.15, 0.2) is 11.5 Å². The van der Waals surface area contributed by atoms with Crippen LogP contribution in [0.5, 0.6) is 11.5 Å². The molecule has 3 heteroatoms. The molecular formula is C18H27NO2. The fraction of sp³-hybridized carbons (Fsp3) is 0.667. The average molecular weight is 289 g/mol. The Hall–Kier alpha value is -1.22. The van der Waals surface area contributed by atoms with Crippen molar-refractivity contribution in [2.75, 3.05) is 19.8 Å². The maximum atomic E-state index is 5.86. The second-order valence-electron chi connectivity index (χ2n) is 6.17. The smallest absolute Gasteiger partial charge is 0.161 e. The lowest BCUT2D eigenvalue weighted by molar-refractivity contribution is 0.297. The summed E-state index contributed by atoms with van der Waals surface area (Å²) in [7, 11) is 0. The van der Waals surface area contributed by atoms with E-state index in [0.29, 0.717) is 12.0 Å². The van der Waals surface area contributed by atoms with E-state index in [4.69, 9.17) is 9.47 Å². The van der Waals surface area contributed by atoms with Crippen molar-refractivity contribution >= 4 is 0 Å². The van der Waals surface area contributed by atoms with Gasteiger partial charge in [0.1, 0.15) is 0 Å². The molecule has 2 aliphatic rings. The van der Waals surface area contributed by atoms with Gasteiger partial charge in [0.25, 0.3) is 0 Å². The number of nitrogens with one attached hydrogen (secondary N) is 1. The molecule has 2 atom stereocenters. The van der Waals surface area contributed by atoms with E-state index in [1.165, 1.54) is 37.7 Å². The van der Waals surface area contributed by atoms with Crippen LogP contribution >= 0.6 is 0 Å². The van der Waals surface area contributed by atoms with E-state index >= 15 is 0 Å². The van der Waals surface area contributed by atoms with Crippen molar-refractivity contribution in [3.63, 3.8) is 0 Å². The number of hydrogen-bond donors (Lipinski definition) is 1. The van der Waals surface area contributed by atoms with Gasteiger partial charge < -0.3 is 14.8 Å². The molecule has 2 unspecified atom stereocenters. The van der Waals surface area contributed by atoms with Gasteiger partial charge in [-0.2, -0.15) is 0 Å². The van der Waals surface area contributed by atoms with Crippen molar-refractivity contribution in [1.29, 1.82) is 0 Å². The number of likely N-dealkylation sites (N-methyl/N-ethyl adjacent to an activating group) is 1. The summed E-state index contributed by atoms with van der Waals surface area (Å²) in [6, 6.07) is 7.17. The minimum Gasteiger partial charge on any atom is -0.490 e. The molecule has 0 saturated heterocycles. The number of ether oxygens (including phenoxy) is 2. The molecule has 21 heavy (non-hydrogen) atoms. The van der Waals surface area contributed by atoms with E-state index in [9.17, 15) is 0 Å². The summed E-state index contributed by atoms with van der Waals surface area (Å²) in [5.41, 5.74) is 1.41. The lowest BCUT2D eigenvalue weighted by atomic mass is 9.87. The molecule has 3 rings (SSSR count). The second-order valence-corrected chi connectivity index (χ2v) is 6.17. The Morgan fingerprint density at radius 2 is 1.81 bits per heavy atom. The summed E-state index contributed by atoms with van der Waals surface area (Å²) in [5, 5.41) is 3.69. The van der Waals surface area contributed by atoms with Crippen LogP contribution in [0.15, 0.2) is 18.2 Å². The molecule has 3 nitrogen and oxygen atoms in total. The SMILES string of the molecule is CCNC1CCCCCC1c1ccc2c(c1)OCCCO2. The van der Waals surface area contributed by atoms with Gasteiger partial charge in [-0.25, -0.2) is 0 Å². The zero-order valence-corrected chi connectivity index (χ0v) is 13.1. The number of benzene rings is 1. The third-order valence-corrected chi connectivity index (χ3v) is 4.68. The Bertz CT molecular complexity index is 461. The van der Waals surface area contributed by atoms with Crippen molar-refractivity contribution in [3.05, 3.63) is 23.8 Å². The first-order valence-corrected chi connectivity index (χ1v) is 8.51. The van der Waals surface area contributed by atoms with E-state index in [2.05, 4.69) is 30.4 Å². The lowest BCUT2D eigenvalue weighted by Crippen LogP contribution is -2.34. The van der Waals surface area contributed by atoms with Crippen LogP contribution in [0.2, 0.25) is 0 Å². The highest BCUT2D eigenvalue weighted by Gasteiger charge is 2.25. The summed E-state index contributed by atoms with van der Waals surface area (Å²) in [6.07, 6.45) is 7.57. The highest BCUT2D eigenvalue weighted by molar-refractivity contribution is 5.44. The van der Waals surface area contributed by atoms with Gasteiger partial charge in [-0.3, -0.25) is 0 Å². The first-order valence-electron chi connectivity index (χ1n) is 8.51. The summed E-state index contributed by atoms with van der Waals surface area (Å²) in [5.74, 6) is 2.44. The third-order valence-electron chi connectivity index (χ3n) is 4.68. The minimum atomic E-state index is 0.599. The van der Waals surface area contributed by atoms with E-state index in [-0.39, 0.29) is 0 Å². The lowest BCUT2D eigenvalue weighted by Gasteiger charge is -2.27. The molecule has 0 radical (unpaired) electrons. The van der Waals surface area contributed by atoms with Crippen LogP contribution in [-0.2, 0) is 0 Å².